The number of rotatable bonds is 21. The number of aromatic nitrogens is 1. The molecule has 1 N–H and O–H groups in total. The highest BCUT2D eigenvalue weighted by Crippen LogP contribution is 2.47. The third-order valence-corrected chi connectivity index (χ3v) is 29.1. The standard InChI is InChI=1S/C46H89NO5SSi3/c1-32(23-22-24-36-25-26-37(36)30-39(50-54(16,17)43(5,6)7)33(2)29-38-31-53-35(4)47-38)41(52-56(20,21)45(11,12)13)34(3)42(49)46(14,15)40(27-28-48)51-55(18,19)44(8,9)10/h29,31-32,34,36-37,39-41,48H,22-28,30H2,1-21H3/b33-29+/t32-,34+,36+,37-,39-,40-,41-/m0/s1. The van der Waals surface area contributed by atoms with Crippen molar-refractivity contribution in [2.75, 3.05) is 6.61 Å². The fraction of sp³-hybridized carbons (Fsp3) is 0.870. The van der Waals surface area contributed by atoms with Crippen molar-refractivity contribution in [1.82, 2.24) is 4.98 Å². The summed E-state index contributed by atoms with van der Waals surface area (Å²) in [6.07, 6.45) is 9.29. The second-order valence-electron chi connectivity index (χ2n) is 22.9. The highest BCUT2D eigenvalue weighted by atomic mass is 32.1. The van der Waals surface area contributed by atoms with Crippen LogP contribution in [0, 0.1) is 36.0 Å². The van der Waals surface area contributed by atoms with Crippen LogP contribution in [0.4, 0.5) is 0 Å². The smallest absolute Gasteiger partial charge is 0.192 e. The van der Waals surface area contributed by atoms with Crippen LogP contribution in [-0.2, 0) is 18.1 Å². The molecule has 0 unspecified atom stereocenters. The lowest BCUT2D eigenvalue weighted by Crippen LogP contribution is -2.54. The number of carbonyl (C=O) groups is 1. The minimum atomic E-state index is -2.20. The molecule has 0 spiro atoms. The summed E-state index contributed by atoms with van der Waals surface area (Å²) < 4.78 is 21.4. The van der Waals surface area contributed by atoms with Crippen LogP contribution in [0.2, 0.25) is 54.4 Å². The Bertz CT molecular complexity index is 1430. The molecule has 0 saturated heterocycles. The molecule has 1 heterocycles. The number of aliphatic hydroxyl groups is 1. The van der Waals surface area contributed by atoms with Gasteiger partial charge in [-0.15, -0.1) is 11.3 Å². The van der Waals surface area contributed by atoms with Gasteiger partial charge in [0.25, 0.3) is 0 Å². The Kier molecular flexibility index (Phi) is 18.0. The quantitative estimate of drug-likeness (QED) is 0.124. The second kappa shape index (κ2) is 19.5. The van der Waals surface area contributed by atoms with Gasteiger partial charge in [-0.1, -0.05) is 103 Å². The first kappa shape index (κ1) is 51.7. The van der Waals surface area contributed by atoms with Gasteiger partial charge in [-0.05, 0) is 130 Å². The van der Waals surface area contributed by atoms with Gasteiger partial charge in [0.1, 0.15) is 5.78 Å². The average molecular weight is 853 g/mol. The third-order valence-electron chi connectivity index (χ3n) is 14.9. The maximum absolute atomic E-state index is 14.8. The molecular formula is C46H89NO5SSi3. The normalized spacial score (nSPS) is 21.0. The van der Waals surface area contributed by atoms with E-state index in [9.17, 15) is 9.90 Å². The number of thiazole rings is 1. The van der Waals surface area contributed by atoms with Gasteiger partial charge in [0.15, 0.2) is 25.0 Å². The predicted octanol–water partition coefficient (Wildman–Crippen LogP) is 13.9. The van der Waals surface area contributed by atoms with E-state index in [2.05, 4.69) is 141 Å². The Morgan fingerprint density at radius 1 is 0.839 bits per heavy atom. The molecule has 1 saturated carbocycles. The Balaban J connectivity index is 2.29. The summed E-state index contributed by atoms with van der Waals surface area (Å²) in [5.74, 6) is 1.49. The molecule has 0 aliphatic heterocycles. The fourth-order valence-electron chi connectivity index (χ4n) is 7.44. The van der Waals surface area contributed by atoms with Crippen LogP contribution in [0.3, 0.4) is 0 Å². The van der Waals surface area contributed by atoms with Gasteiger partial charge in [0.2, 0.25) is 0 Å². The minimum Gasteiger partial charge on any atom is -0.413 e. The fourth-order valence-corrected chi connectivity index (χ4v) is 12.3. The van der Waals surface area contributed by atoms with Gasteiger partial charge in [0, 0.05) is 23.3 Å². The molecule has 10 heteroatoms. The highest BCUT2D eigenvalue weighted by molar-refractivity contribution is 7.09. The number of Topliss-reactive ketones (excluding diaryl/α,β-unsaturated/α-hetero) is 1. The number of nitrogens with zero attached hydrogens (tertiary/aromatic N) is 1. The van der Waals surface area contributed by atoms with E-state index in [1.165, 1.54) is 24.8 Å². The van der Waals surface area contributed by atoms with E-state index in [4.69, 9.17) is 18.3 Å². The minimum absolute atomic E-state index is 0.00236. The molecule has 326 valence electrons. The van der Waals surface area contributed by atoms with Gasteiger partial charge in [-0.25, -0.2) is 4.98 Å². The molecule has 1 fully saturated rings. The van der Waals surface area contributed by atoms with Crippen molar-refractivity contribution in [2.45, 2.75) is 222 Å². The highest BCUT2D eigenvalue weighted by Gasteiger charge is 2.49. The summed E-state index contributed by atoms with van der Waals surface area (Å²) in [6.45, 7) is 47.2. The largest absolute Gasteiger partial charge is 0.413 e. The molecule has 1 aliphatic carbocycles. The molecule has 0 aromatic carbocycles. The van der Waals surface area contributed by atoms with E-state index in [-0.39, 0.29) is 57.7 Å². The van der Waals surface area contributed by atoms with Crippen LogP contribution >= 0.6 is 11.3 Å². The van der Waals surface area contributed by atoms with Crippen LogP contribution in [-0.4, -0.2) is 65.7 Å². The first-order valence-electron chi connectivity index (χ1n) is 22.0. The van der Waals surface area contributed by atoms with Crippen molar-refractivity contribution in [3.63, 3.8) is 0 Å². The topological polar surface area (TPSA) is 77.9 Å². The van der Waals surface area contributed by atoms with Gasteiger partial charge in [-0.2, -0.15) is 0 Å². The summed E-state index contributed by atoms with van der Waals surface area (Å²) in [7, 11) is -6.38. The molecule has 1 aromatic rings. The average Bonchev–Trinajstić information content (AvgIpc) is 3.44. The molecule has 0 radical (unpaired) electrons. The van der Waals surface area contributed by atoms with Crippen molar-refractivity contribution in [2.24, 2.45) is 29.1 Å². The van der Waals surface area contributed by atoms with E-state index in [0.29, 0.717) is 18.3 Å². The third kappa shape index (κ3) is 13.5. The molecule has 7 atom stereocenters. The Hall–Kier alpha value is -0.469. The predicted molar refractivity (Wildman–Crippen MR) is 250 cm³/mol. The Morgan fingerprint density at radius 2 is 1.34 bits per heavy atom. The van der Waals surface area contributed by atoms with Crippen molar-refractivity contribution in [1.29, 1.82) is 0 Å². The monoisotopic (exact) mass is 852 g/mol. The molecule has 0 amide bonds. The first-order chi connectivity index (χ1) is 25.2. The second-order valence-corrected chi connectivity index (χ2v) is 38.2. The van der Waals surface area contributed by atoms with E-state index < -0.39 is 30.4 Å². The van der Waals surface area contributed by atoms with Gasteiger partial charge >= 0.3 is 0 Å². The van der Waals surface area contributed by atoms with Crippen LogP contribution in [0.25, 0.3) is 6.08 Å². The van der Waals surface area contributed by atoms with Crippen LogP contribution < -0.4 is 0 Å². The SMILES string of the molecule is C/C(=C\c1csc(C)n1)[C@H](C[C@@H]1CC[C@H]1CCC[C@H](C)[C@H](O[Si](C)(C)C(C)(C)C)[C@@H](C)C(=O)C(C)(C)[C@H](CCO)O[Si](C)(C)C(C)(C)C)O[Si](C)(C)C(C)(C)C. The van der Waals surface area contributed by atoms with Gasteiger partial charge in [-0.3, -0.25) is 4.79 Å². The van der Waals surface area contributed by atoms with Crippen LogP contribution in [0.1, 0.15) is 153 Å². The molecule has 0 bridgehead atoms. The lowest BCUT2D eigenvalue weighted by molar-refractivity contribution is -0.141. The lowest BCUT2D eigenvalue weighted by atomic mass is 9.68. The first-order valence-corrected chi connectivity index (χ1v) is 31.6. The number of aliphatic hydroxyl groups excluding tert-OH is 1. The lowest BCUT2D eigenvalue weighted by Gasteiger charge is -2.46. The van der Waals surface area contributed by atoms with Crippen molar-refractivity contribution in [3.05, 3.63) is 21.7 Å². The molecule has 1 aliphatic rings. The number of hydrogen-bond acceptors (Lipinski definition) is 7. The zero-order valence-corrected chi connectivity index (χ0v) is 44.1. The van der Waals surface area contributed by atoms with Gasteiger partial charge in [0.05, 0.1) is 29.0 Å². The summed E-state index contributed by atoms with van der Waals surface area (Å²) >= 11 is 1.71. The van der Waals surface area contributed by atoms with Crippen molar-refractivity contribution >= 4 is 48.1 Å². The molecular weight excluding hydrogens is 763 g/mol. The molecule has 56 heavy (non-hydrogen) atoms. The number of aryl methyl sites for hydroxylation is 1. The van der Waals surface area contributed by atoms with Crippen LogP contribution in [0.15, 0.2) is 11.0 Å². The maximum Gasteiger partial charge on any atom is 0.192 e. The number of hydrogen-bond donors (Lipinski definition) is 1. The molecule has 1 aromatic heterocycles. The number of ketones is 1. The van der Waals surface area contributed by atoms with E-state index in [0.717, 1.165) is 30.0 Å². The zero-order valence-electron chi connectivity index (χ0n) is 40.3. The molecule has 6 nitrogen and oxygen atoms in total. The molecule has 2 rings (SSSR count). The van der Waals surface area contributed by atoms with E-state index >= 15 is 0 Å². The van der Waals surface area contributed by atoms with Crippen LogP contribution in [0.5, 0.6) is 0 Å². The maximum atomic E-state index is 14.8. The van der Waals surface area contributed by atoms with Crippen molar-refractivity contribution < 1.29 is 23.2 Å². The zero-order chi connectivity index (χ0) is 43.5. The Morgan fingerprint density at radius 3 is 1.79 bits per heavy atom. The van der Waals surface area contributed by atoms with Crippen molar-refractivity contribution in [3.8, 4) is 0 Å². The summed E-state index contributed by atoms with van der Waals surface area (Å²) in [4.78, 5) is 19.5. The van der Waals surface area contributed by atoms with Gasteiger partial charge < -0.3 is 18.4 Å². The summed E-state index contributed by atoms with van der Waals surface area (Å²) in [5, 5.41) is 13.6. The number of carbonyl (C=O) groups excluding carboxylic acids is 1. The summed E-state index contributed by atoms with van der Waals surface area (Å²) in [6, 6.07) is 0. The summed E-state index contributed by atoms with van der Waals surface area (Å²) in [5.41, 5.74) is 1.58. The van der Waals surface area contributed by atoms with E-state index in [1.54, 1.807) is 11.3 Å². The van der Waals surface area contributed by atoms with E-state index in [1.807, 2.05) is 13.8 Å². The Labute approximate surface area is 353 Å².